The summed E-state index contributed by atoms with van der Waals surface area (Å²) in [5, 5.41) is 27.1. The third-order valence-electron chi connectivity index (χ3n) is 7.36. The van der Waals surface area contributed by atoms with E-state index >= 15 is 0 Å². The lowest BCUT2D eigenvalue weighted by molar-refractivity contribution is -0.148. The number of aliphatic hydroxyl groups excluding tert-OH is 2. The molecule has 1 heterocycles. The third kappa shape index (κ3) is 18.9. The zero-order valence-corrected chi connectivity index (χ0v) is 29.7. The molecule has 10 heteroatoms. The lowest BCUT2D eigenvalue weighted by Gasteiger charge is -2.30. The van der Waals surface area contributed by atoms with Crippen molar-refractivity contribution in [1.29, 1.82) is 0 Å². The van der Waals surface area contributed by atoms with E-state index in [2.05, 4.69) is 37.1 Å². The van der Waals surface area contributed by atoms with Crippen molar-refractivity contribution in [3.05, 3.63) is 47.3 Å². The Labute approximate surface area is 272 Å². The Kier molecular flexibility index (Phi) is 26.5. The van der Waals surface area contributed by atoms with Crippen molar-refractivity contribution in [3.8, 4) is 0 Å². The lowest BCUT2D eigenvalue weighted by Crippen LogP contribution is -2.34. The molecule has 0 spiro atoms. The first-order valence-corrected chi connectivity index (χ1v) is 16.2. The molecule has 0 radical (unpaired) electrons. The number of ether oxygens (including phenoxy) is 4. The van der Waals surface area contributed by atoms with E-state index < -0.39 is 5.97 Å². The summed E-state index contributed by atoms with van der Waals surface area (Å²) in [4.78, 5) is 24.1. The van der Waals surface area contributed by atoms with Gasteiger partial charge < -0.3 is 39.3 Å². The first-order valence-electron chi connectivity index (χ1n) is 16.2. The van der Waals surface area contributed by atoms with E-state index in [1.54, 1.807) is 27.4 Å². The van der Waals surface area contributed by atoms with Crippen LogP contribution in [0.15, 0.2) is 35.9 Å². The number of aromatic nitrogens is 1. The first kappa shape index (κ1) is 44.6. The summed E-state index contributed by atoms with van der Waals surface area (Å²) in [5.41, 5.74) is 2.40. The van der Waals surface area contributed by atoms with Gasteiger partial charge in [0.05, 0.1) is 24.9 Å². The molecule has 3 rings (SSSR count). The quantitative estimate of drug-likeness (QED) is 0.160. The predicted octanol–water partition coefficient (Wildman–Crippen LogP) is 6.36. The number of carbonyl (C=O) groups is 2. The van der Waals surface area contributed by atoms with Gasteiger partial charge in [0, 0.05) is 64.7 Å². The number of aryl methyl sites for hydroxylation is 1. The van der Waals surface area contributed by atoms with Gasteiger partial charge in [0.15, 0.2) is 0 Å². The molecule has 0 bridgehead atoms. The van der Waals surface area contributed by atoms with Gasteiger partial charge in [-0.3, -0.25) is 4.79 Å². The molecule has 262 valence electrons. The van der Waals surface area contributed by atoms with E-state index in [0.717, 1.165) is 18.5 Å². The van der Waals surface area contributed by atoms with Gasteiger partial charge in [0.2, 0.25) is 0 Å². The van der Waals surface area contributed by atoms with Gasteiger partial charge >= 0.3 is 11.9 Å². The van der Waals surface area contributed by atoms with Crippen molar-refractivity contribution in [1.82, 2.24) is 4.98 Å². The van der Waals surface area contributed by atoms with Crippen molar-refractivity contribution in [3.63, 3.8) is 0 Å². The highest BCUT2D eigenvalue weighted by atomic mass is 16.5. The van der Waals surface area contributed by atoms with Crippen LogP contribution in [0.2, 0.25) is 0 Å². The van der Waals surface area contributed by atoms with E-state index in [1.165, 1.54) is 18.6 Å². The summed E-state index contributed by atoms with van der Waals surface area (Å²) < 4.78 is 20.9. The van der Waals surface area contributed by atoms with E-state index in [1.807, 2.05) is 34.6 Å². The molecule has 1 fully saturated rings. The summed E-state index contributed by atoms with van der Waals surface area (Å²) in [6, 6.07) is 3.26. The fourth-order valence-corrected chi connectivity index (χ4v) is 5.08. The second-order valence-corrected chi connectivity index (χ2v) is 10.8. The molecule has 1 saturated carbocycles. The smallest absolute Gasteiger partial charge is 0.352 e. The number of carboxylic acids is 1. The van der Waals surface area contributed by atoms with Gasteiger partial charge in [-0.15, -0.1) is 0 Å². The third-order valence-corrected chi connectivity index (χ3v) is 7.36. The van der Waals surface area contributed by atoms with Crippen LogP contribution < -0.4 is 0 Å². The van der Waals surface area contributed by atoms with Gasteiger partial charge in [0.25, 0.3) is 0 Å². The van der Waals surface area contributed by atoms with Gasteiger partial charge in [-0.2, -0.15) is 0 Å². The minimum Gasteiger partial charge on any atom is -0.477 e. The predicted molar refractivity (Wildman–Crippen MR) is 179 cm³/mol. The number of aliphatic hydroxyl groups is 2. The van der Waals surface area contributed by atoms with Gasteiger partial charge in [-0.25, -0.2) is 4.79 Å². The molecule has 0 saturated heterocycles. The fraction of sp³-hybridized carbons (Fsp3) is 0.714. The van der Waals surface area contributed by atoms with Crippen LogP contribution in [0.3, 0.4) is 0 Å². The Bertz CT molecular complexity index is 959. The van der Waals surface area contributed by atoms with Crippen LogP contribution in [0.4, 0.5) is 0 Å². The number of nitrogens with one attached hydrogen (secondary N) is 1. The molecule has 0 aliphatic heterocycles. The van der Waals surface area contributed by atoms with Crippen molar-refractivity contribution >= 4 is 11.9 Å². The number of esters is 1. The average molecular weight is 642 g/mol. The van der Waals surface area contributed by atoms with E-state index in [9.17, 15) is 19.8 Å². The summed E-state index contributed by atoms with van der Waals surface area (Å²) in [5.74, 6) is -0.488. The summed E-state index contributed by atoms with van der Waals surface area (Å²) >= 11 is 0. The summed E-state index contributed by atoms with van der Waals surface area (Å²) in [6.45, 7) is 16.6. The van der Waals surface area contributed by atoms with E-state index in [0.29, 0.717) is 38.4 Å². The minimum atomic E-state index is -0.914. The number of rotatable bonds is 11. The molecule has 7 atom stereocenters. The average Bonchev–Trinajstić information content (AvgIpc) is 3.69. The maximum Gasteiger partial charge on any atom is 0.352 e. The fourth-order valence-electron chi connectivity index (χ4n) is 5.08. The standard InChI is InChI=1S/C17H28O4.C8H16O3.C6H7NO2.2C2H6/c1-12(15-7-6-8-17(15)20-5)11-13(2)16(9-10-19-4)21-14(3)18;1-11-5-6-4-7(9)2-3-8(6)10;1-4-2-3-5(7-4)6(8)9;2*1-2/h6,8,11,13,15-17H,7,9-10H2,1-5H3;6-10H,2-5H2,1H3;2-3,7H,1H3,(H,8,9);2*1-2H3/b12-11+;;;;. The van der Waals surface area contributed by atoms with Crippen LogP contribution in [0.25, 0.3) is 0 Å². The number of aromatic amines is 1. The Balaban J connectivity index is 0. The van der Waals surface area contributed by atoms with Crippen LogP contribution in [0.1, 0.15) is 96.8 Å². The molecule has 0 aromatic carbocycles. The van der Waals surface area contributed by atoms with Crippen molar-refractivity contribution < 1.29 is 43.9 Å². The minimum absolute atomic E-state index is 0.128. The number of methoxy groups -OCH3 is 3. The van der Waals surface area contributed by atoms with Crippen LogP contribution >= 0.6 is 0 Å². The Morgan fingerprint density at radius 2 is 1.69 bits per heavy atom. The summed E-state index contributed by atoms with van der Waals surface area (Å²) in [7, 11) is 5.02. The second kappa shape index (κ2) is 26.7. The van der Waals surface area contributed by atoms with E-state index in [-0.39, 0.29) is 47.9 Å². The highest BCUT2D eigenvalue weighted by Gasteiger charge is 2.28. The zero-order chi connectivity index (χ0) is 34.9. The van der Waals surface area contributed by atoms with Crippen LogP contribution in [-0.4, -0.2) is 91.2 Å². The Hall–Kier alpha value is -2.50. The largest absolute Gasteiger partial charge is 0.477 e. The number of allylic oxidation sites excluding steroid dienone is 1. The molecule has 45 heavy (non-hydrogen) atoms. The number of hydrogen-bond acceptors (Lipinski definition) is 8. The summed E-state index contributed by atoms with van der Waals surface area (Å²) in [6.07, 6.45) is 9.78. The van der Waals surface area contributed by atoms with Crippen molar-refractivity contribution in [2.45, 2.75) is 112 Å². The molecule has 2 aliphatic rings. The van der Waals surface area contributed by atoms with Gasteiger partial charge in [0.1, 0.15) is 11.8 Å². The molecule has 2 aliphatic carbocycles. The molecule has 1 aromatic heterocycles. The van der Waals surface area contributed by atoms with Crippen LogP contribution in [0.5, 0.6) is 0 Å². The maximum atomic E-state index is 11.2. The van der Waals surface area contributed by atoms with E-state index in [4.69, 9.17) is 24.1 Å². The normalized spacial score (nSPS) is 23.3. The monoisotopic (exact) mass is 641 g/mol. The second-order valence-electron chi connectivity index (χ2n) is 10.8. The van der Waals surface area contributed by atoms with Crippen LogP contribution in [-0.2, 0) is 23.7 Å². The number of carboxylic acid groups (broad SMARTS) is 1. The molecule has 4 N–H and O–H groups in total. The van der Waals surface area contributed by atoms with Crippen LogP contribution in [0, 0.1) is 24.7 Å². The number of carbonyl (C=O) groups excluding carboxylic acids is 1. The first-order chi connectivity index (χ1) is 21.4. The Morgan fingerprint density at radius 1 is 1.04 bits per heavy atom. The SMILES string of the molecule is CC.CC.COCC1CC(O)CCC1O.COCCC(OC(C)=O)C(C)/C=C(\C)C1CC=CC1OC.Cc1ccc(C(=O)O)[nH]1. The Morgan fingerprint density at radius 3 is 2.16 bits per heavy atom. The number of aromatic carboxylic acids is 1. The van der Waals surface area contributed by atoms with Crippen molar-refractivity contribution in [2.75, 3.05) is 34.5 Å². The van der Waals surface area contributed by atoms with Gasteiger partial charge in [-0.1, -0.05) is 58.4 Å². The molecule has 0 amide bonds. The highest BCUT2D eigenvalue weighted by Crippen LogP contribution is 2.30. The molecule has 1 aromatic rings. The maximum absolute atomic E-state index is 11.2. The molecule has 10 nitrogen and oxygen atoms in total. The van der Waals surface area contributed by atoms with Gasteiger partial charge in [-0.05, 0) is 51.7 Å². The molecule has 7 unspecified atom stereocenters. The lowest BCUT2D eigenvalue weighted by atomic mass is 9.85. The van der Waals surface area contributed by atoms with Crippen molar-refractivity contribution in [2.24, 2.45) is 17.8 Å². The number of H-pyrrole nitrogens is 1. The zero-order valence-electron chi connectivity index (χ0n) is 29.7. The number of hydrogen-bond donors (Lipinski definition) is 4. The molecular formula is C35H63NO9. The highest BCUT2D eigenvalue weighted by molar-refractivity contribution is 5.85. The topological polar surface area (TPSA) is 148 Å². The molecular weight excluding hydrogens is 578 g/mol.